The van der Waals surface area contributed by atoms with Crippen molar-refractivity contribution in [2.45, 2.75) is 6.61 Å². The van der Waals surface area contributed by atoms with Gasteiger partial charge < -0.3 is 14.6 Å². The van der Waals surface area contributed by atoms with Crippen LogP contribution in [0.5, 0.6) is 11.5 Å². The van der Waals surface area contributed by atoms with E-state index in [4.69, 9.17) is 14.6 Å². The van der Waals surface area contributed by atoms with Crippen LogP contribution in [0.3, 0.4) is 0 Å². The number of hydrogen-bond acceptors (Lipinski definition) is 8. The number of nitrogens with one attached hydrogen (secondary N) is 1. The molecule has 0 unspecified atom stereocenters. The minimum absolute atomic E-state index is 0.116. The molecule has 1 heterocycles. The number of benzene rings is 2. The van der Waals surface area contributed by atoms with Crippen LogP contribution in [0.15, 0.2) is 65.9 Å². The Morgan fingerprint density at radius 1 is 1.23 bits per heavy atom. The smallest absolute Gasteiger partial charge is 0.335 e. The Hall–Kier alpha value is -4.47. The lowest BCUT2D eigenvalue weighted by molar-refractivity contribution is -0.385. The van der Waals surface area contributed by atoms with Gasteiger partial charge in [-0.15, -0.1) is 0 Å². The second-order valence-corrected chi connectivity index (χ2v) is 6.20. The van der Waals surface area contributed by atoms with Gasteiger partial charge in [0.05, 0.1) is 23.8 Å². The number of carboxylic acids is 1. The molecule has 0 spiro atoms. The Morgan fingerprint density at radius 2 is 2.00 bits per heavy atom. The number of aromatic carboxylic acids is 1. The van der Waals surface area contributed by atoms with Crippen LogP contribution in [0.1, 0.15) is 21.5 Å². The van der Waals surface area contributed by atoms with Gasteiger partial charge in [0.1, 0.15) is 18.6 Å². The van der Waals surface area contributed by atoms with E-state index in [9.17, 15) is 14.9 Å². The second kappa shape index (κ2) is 9.83. The Balaban J connectivity index is 1.72. The maximum atomic E-state index is 11.0. The van der Waals surface area contributed by atoms with E-state index < -0.39 is 10.9 Å². The zero-order valence-corrected chi connectivity index (χ0v) is 16.4. The predicted molar refractivity (Wildman–Crippen MR) is 113 cm³/mol. The molecule has 0 atom stereocenters. The van der Waals surface area contributed by atoms with Gasteiger partial charge >= 0.3 is 5.97 Å². The number of hydrazone groups is 1. The average Bonchev–Trinajstić information content (AvgIpc) is 2.78. The molecule has 0 fully saturated rings. The summed E-state index contributed by atoms with van der Waals surface area (Å²) < 4.78 is 11.3. The summed E-state index contributed by atoms with van der Waals surface area (Å²) in [7, 11) is 1.52. The molecule has 2 N–H and O–H groups in total. The predicted octanol–water partition coefficient (Wildman–Crippen LogP) is 3.72. The molecule has 0 radical (unpaired) electrons. The minimum Gasteiger partial charge on any atom is -0.493 e. The first-order chi connectivity index (χ1) is 15.0. The minimum atomic E-state index is -0.995. The molecule has 10 nitrogen and oxygen atoms in total. The Labute approximate surface area is 176 Å². The highest BCUT2D eigenvalue weighted by Gasteiger charge is 2.10. The standard InChI is InChI=1S/C21H18N4O6/c1-30-18-4-2-3-16(11-23-24-19-10-9-17(12-22-19)25(28)29)20(18)31-13-14-5-7-15(8-6-14)21(26)27/h2-12H,13H2,1H3,(H,22,24)(H,26,27)/b23-11-. The van der Waals surface area contributed by atoms with Crippen molar-refractivity contribution in [2.75, 3.05) is 12.5 Å². The molecule has 0 aliphatic heterocycles. The first-order valence-electron chi connectivity index (χ1n) is 8.99. The third-order valence-electron chi connectivity index (χ3n) is 4.15. The number of hydrogen-bond donors (Lipinski definition) is 2. The summed E-state index contributed by atoms with van der Waals surface area (Å²) in [5, 5.41) is 23.8. The van der Waals surface area contributed by atoms with Crippen LogP contribution in [0, 0.1) is 10.1 Å². The molecule has 3 aromatic rings. The monoisotopic (exact) mass is 422 g/mol. The molecule has 0 bridgehead atoms. The molecular formula is C21H18N4O6. The van der Waals surface area contributed by atoms with Crippen LogP contribution >= 0.6 is 0 Å². The molecule has 2 aromatic carbocycles. The molecule has 0 amide bonds. The number of nitrogens with zero attached hydrogens (tertiary/aromatic N) is 3. The molecule has 0 aliphatic rings. The molecular weight excluding hydrogens is 404 g/mol. The van der Waals surface area contributed by atoms with Gasteiger partial charge in [0.15, 0.2) is 11.5 Å². The Kier molecular flexibility index (Phi) is 6.74. The Morgan fingerprint density at radius 3 is 2.61 bits per heavy atom. The number of nitro groups is 1. The first-order valence-corrected chi connectivity index (χ1v) is 8.99. The number of pyridine rings is 1. The van der Waals surface area contributed by atoms with Crippen LogP contribution in [0.25, 0.3) is 0 Å². The van der Waals surface area contributed by atoms with E-state index in [0.29, 0.717) is 22.9 Å². The third-order valence-corrected chi connectivity index (χ3v) is 4.15. The highest BCUT2D eigenvalue weighted by molar-refractivity contribution is 5.87. The van der Waals surface area contributed by atoms with Gasteiger partial charge in [-0.3, -0.25) is 15.5 Å². The lowest BCUT2D eigenvalue weighted by atomic mass is 10.1. The van der Waals surface area contributed by atoms with Crippen LogP contribution in [0.4, 0.5) is 11.5 Å². The summed E-state index contributed by atoms with van der Waals surface area (Å²) in [6, 6.07) is 14.4. The number of carboxylic acid groups (broad SMARTS) is 1. The average molecular weight is 422 g/mol. The lowest BCUT2D eigenvalue weighted by Gasteiger charge is -2.13. The Bertz CT molecular complexity index is 1100. The van der Waals surface area contributed by atoms with E-state index in [-0.39, 0.29) is 17.9 Å². The fourth-order valence-corrected chi connectivity index (χ4v) is 2.58. The number of anilines is 1. The van der Waals surface area contributed by atoms with Gasteiger partial charge in [0.2, 0.25) is 0 Å². The number of rotatable bonds is 9. The van der Waals surface area contributed by atoms with Gasteiger partial charge in [-0.1, -0.05) is 18.2 Å². The van der Waals surface area contributed by atoms with Crippen molar-refractivity contribution in [3.05, 3.63) is 87.6 Å². The van der Waals surface area contributed by atoms with Gasteiger partial charge in [-0.05, 0) is 35.9 Å². The van der Waals surface area contributed by atoms with Crippen molar-refractivity contribution in [2.24, 2.45) is 5.10 Å². The number of methoxy groups -OCH3 is 1. The summed E-state index contributed by atoms with van der Waals surface area (Å²) in [4.78, 5) is 25.0. The van der Waals surface area contributed by atoms with Crippen molar-refractivity contribution < 1.29 is 24.3 Å². The first kappa shape index (κ1) is 21.2. The summed E-state index contributed by atoms with van der Waals surface area (Å²) >= 11 is 0. The number of aromatic nitrogens is 1. The summed E-state index contributed by atoms with van der Waals surface area (Å²) in [6.07, 6.45) is 2.64. The van der Waals surface area contributed by atoms with Crippen LogP contribution in [0.2, 0.25) is 0 Å². The van der Waals surface area contributed by atoms with E-state index >= 15 is 0 Å². The molecule has 10 heteroatoms. The van der Waals surface area contributed by atoms with Crippen LogP contribution in [-0.4, -0.2) is 34.3 Å². The van der Waals surface area contributed by atoms with Gasteiger partial charge in [0.25, 0.3) is 5.69 Å². The molecule has 31 heavy (non-hydrogen) atoms. The van der Waals surface area contributed by atoms with Gasteiger partial charge in [0, 0.05) is 11.6 Å². The van der Waals surface area contributed by atoms with E-state index in [0.717, 1.165) is 11.8 Å². The zero-order chi connectivity index (χ0) is 22.2. The molecule has 158 valence electrons. The second-order valence-electron chi connectivity index (χ2n) is 6.20. The topological polar surface area (TPSA) is 136 Å². The largest absolute Gasteiger partial charge is 0.493 e. The molecule has 1 aromatic heterocycles. The molecule has 0 saturated carbocycles. The van der Waals surface area contributed by atoms with E-state index in [1.54, 1.807) is 30.3 Å². The summed E-state index contributed by atoms with van der Waals surface area (Å²) in [6.45, 7) is 0.193. The van der Waals surface area contributed by atoms with Crippen molar-refractivity contribution in [1.29, 1.82) is 0 Å². The molecule has 3 rings (SSSR count). The van der Waals surface area contributed by atoms with E-state index in [1.165, 1.54) is 37.6 Å². The SMILES string of the molecule is COc1cccc(/C=N\Nc2ccc([N+](=O)[O-])cn2)c1OCc1ccc(C(=O)O)cc1. The fourth-order valence-electron chi connectivity index (χ4n) is 2.58. The number of ether oxygens (including phenoxy) is 2. The van der Waals surface area contributed by atoms with Crippen LogP contribution < -0.4 is 14.9 Å². The lowest BCUT2D eigenvalue weighted by Crippen LogP contribution is -2.02. The van der Waals surface area contributed by atoms with Crippen molar-refractivity contribution >= 4 is 23.7 Å². The summed E-state index contributed by atoms with van der Waals surface area (Å²) in [5.74, 6) is 0.297. The van der Waals surface area contributed by atoms with Gasteiger partial charge in [-0.25, -0.2) is 9.78 Å². The van der Waals surface area contributed by atoms with E-state index in [2.05, 4.69) is 15.5 Å². The molecule has 0 aliphatic carbocycles. The fraction of sp³-hybridized carbons (Fsp3) is 0.0952. The van der Waals surface area contributed by atoms with Crippen molar-refractivity contribution in [3.8, 4) is 11.5 Å². The normalized spacial score (nSPS) is 10.6. The van der Waals surface area contributed by atoms with Crippen LogP contribution in [-0.2, 0) is 6.61 Å². The number of carbonyl (C=O) groups is 1. The van der Waals surface area contributed by atoms with Crippen molar-refractivity contribution in [1.82, 2.24) is 4.98 Å². The zero-order valence-electron chi connectivity index (χ0n) is 16.4. The number of para-hydroxylation sites is 1. The summed E-state index contributed by atoms with van der Waals surface area (Å²) in [5.41, 5.74) is 4.18. The maximum absolute atomic E-state index is 11.0. The van der Waals surface area contributed by atoms with Gasteiger partial charge in [-0.2, -0.15) is 5.10 Å². The maximum Gasteiger partial charge on any atom is 0.335 e. The third kappa shape index (κ3) is 5.54. The molecule has 0 saturated heterocycles. The van der Waals surface area contributed by atoms with E-state index in [1.807, 2.05) is 0 Å². The highest BCUT2D eigenvalue weighted by Crippen LogP contribution is 2.31. The quantitative estimate of drug-likeness (QED) is 0.302. The highest BCUT2D eigenvalue weighted by atomic mass is 16.6. The van der Waals surface area contributed by atoms with Crippen molar-refractivity contribution in [3.63, 3.8) is 0 Å².